The molecular formula is C16H19NO2. The van der Waals surface area contributed by atoms with E-state index in [1.165, 1.54) is 5.56 Å². The Kier molecular flexibility index (Phi) is 4.05. The van der Waals surface area contributed by atoms with Gasteiger partial charge in [-0.2, -0.15) is 0 Å². The lowest BCUT2D eigenvalue weighted by molar-refractivity contribution is 0.0775. The summed E-state index contributed by atoms with van der Waals surface area (Å²) in [4.78, 5) is 13.9. The minimum absolute atomic E-state index is 0.00621. The SMILES string of the molecule is CC(C)c1ccc(C(=O)N(C)Cc2ccco2)cc1. The van der Waals surface area contributed by atoms with Crippen LogP contribution in [0.15, 0.2) is 47.1 Å². The molecule has 0 aliphatic heterocycles. The van der Waals surface area contributed by atoms with Crippen LogP contribution < -0.4 is 0 Å². The van der Waals surface area contributed by atoms with Gasteiger partial charge >= 0.3 is 0 Å². The lowest BCUT2D eigenvalue weighted by Crippen LogP contribution is -2.25. The number of hydrogen-bond donors (Lipinski definition) is 0. The summed E-state index contributed by atoms with van der Waals surface area (Å²) in [7, 11) is 1.78. The number of carbonyl (C=O) groups is 1. The maximum atomic E-state index is 12.2. The van der Waals surface area contributed by atoms with Crippen LogP contribution in [0.1, 0.15) is 41.4 Å². The lowest BCUT2D eigenvalue weighted by Gasteiger charge is -2.16. The third kappa shape index (κ3) is 3.25. The molecule has 0 saturated heterocycles. The number of rotatable bonds is 4. The van der Waals surface area contributed by atoms with Crippen LogP contribution in [-0.2, 0) is 6.54 Å². The molecule has 0 radical (unpaired) electrons. The monoisotopic (exact) mass is 257 g/mol. The summed E-state index contributed by atoms with van der Waals surface area (Å²) in [5, 5.41) is 0. The van der Waals surface area contributed by atoms with E-state index in [2.05, 4.69) is 13.8 Å². The van der Waals surface area contributed by atoms with Crippen LogP contribution in [0.5, 0.6) is 0 Å². The van der Waals surface area contributed by atoms with E-state index in [4.69, 9.17) is 4.42 Å². The molecule has 2 rings (SSSR count). The number of furan rings is 1. The molecule has 0 spiro atoms. The molecule has 1 amide bonds. The molecule has 0 bridgehead atoms. The zero-order valence-corrected chi connectivity index (χ0v) is 11.6. The third-order valence-electron chi connectivity index (χ3n) is 3.14. The molecule has 2 aromatic rings. The molecule has 19 heavy (non-hydrogen) atoms. The fourth-order valence-corrected chi connectivity index (χ4v) is 1.94. The second kappa shape index (κ2) is 5.74. The Morgan fingerprint density at radius 2 is 1.89 bits per heavy atom. The van der Waals surface area contributed by atoms with Gasteiger partial charge in [-0.3, -0.25) is 4.79 Å². The first kappa shape index (κ1) is 13.4. The highest BCUT2D eigenvalue weighted by atomic mass is 16.3. The van der Waals surface area contributed by atoms with E-state index in [0.29, 0.717) is 18.0 Å². The maximum absolute atomic E-state index is 12.2. The summed E-state index contributed by atoms with van der Waals surface area (Å²) in [6.45, 7) is 4.76. The summed E-state index contributed by atoms with van der Waals surface area (Å²) in [6, 6.07) is 11.5. The number of nitrogens with zero attached hydrogens (tertiary/aromatic N) is 1. The number of carbonyl (C=O) groups excluding carboxylic acids is 1. The van der Waals surface area contributed by atoms with Crippen molar-refractivity contribution in [3.63, 3.8) is 0 Å². The molecule has 1 heterocycles. The quantitative estimate of drug-likeness (QED) is 0.837. The Morgan fingerprint density at radius 1 is 1.21 bits per heavy atom. The molecule has 0 fully saturated rings. The normalized spacial score (nSPS) is 10.7. The van der Waals surface area contributed by atoms with Gasteiger partial charge in [-0.05, 0) is 35.7 Å². The molecular weight excluding hydrogens is 238 g/mol. The van der Waals surface area contributed by atoms with Gasteiger partial charge in [0.25, 0.3) is 5.91 Å². The van der Waals surface area contributed by atoms with Gasteiger partial charge in [0.1, 0.15) is 5.76 Å². The highest BCUT2D eigenvalue weighted by molar-refractivity contribution is 5.94. The Hall–Kier alpha value is -2.03. The van der Waals surface area contributed by atoms with Crippen LogP contribution in [0.25, 0.3) is 0 Å². The molecule has 0 unspecified atom stereocenters. The molecule has 1 aromatic heterocycles. The van der Waals surface area contributed by atoms with Gasteiger partial charge in [0.05, 0.1) is 12.8 Å². The van der Waals surface area contributed by atoms with Crippen molar-refractivity contribution < 1.29 is 9.21 Å². The van der Waals surface area contributed by atoms with E-state index in [1.54, 1.807) is 18.2 Å². The lowest BCUT2D eigenvalue weighted by atomic mass is 10.0. The van der Waals surface area contributed by atoms with Crippen molar-refractivity contribution >= 4 is 5.91 Å². The van der Waals surface area contributed by atoms with Gasteiger partial charge in [-0.1, -0.05) is 26.0 Å². The van der Waals surface area contributed by atoms with Gasteiger partial charge in [0.2, 0.25) is 0 Å². The van der Waals surface area contributed by atoms with Crippen molar-refractivity contribution in [1.29, 1.82) is 0 Å². The topological polar surface area (TPSA) is 33.5 Å². The van der Waals surface area contributed by atoms with Gasteiger partial charge in [0, 0.05) is 12.6 Å². The average Bonchev–Trinajstić information content (AvgIpc) is 2.90. The fourth-order valence-electron chi connectivity index (χ4n) is 1.94. The summed E-state index contributed by atoms with van der Waals surface area (Å²) >= 11 is 0. The van der Waals surface area contributed by atoms with Crippen molar-refractivity contribution in [1.82, 2.24) is 4.90 Å². The highest BCUT2D eigenvalue weighted by Gasteiger charge is 2.13. The second-order valence-corrected chi connectivity index (χ2v) is 5.02. The molecule has 0 atom stereocenters. The van der Waals surface area contributed by atoms with Crippen molar-refractivity contribution in [2.75, 3.05) is 7.05 Å². The summed E-state index contributed by atoms with van der Waals surface area (Å²) in [5.74, 6) is 1.27. The smallest absolute Gasteiger partial charge is 0.254 e. The Morgan fingerprint density at radius 3 is 2.42 bits per heavy atom. The van der Waals surface area contributed by atoms with Crippen LogP contribution >= 0.6 is 0 Å². The van der Waals surface area contributed by atoms with Gasteiger partial charge in [-0.25, -0.2) is 0 Å². The largest absolute Gasteiger partial charge is 0.467 e. The number of benzene rings is 1. The first-order valence-electron chi connectivity index (χ1n) is 6.45. The average molecular weight is 257 g/mol. The number of hydrogen-bond acceptors (Lipinski definition) is 2. The van der Waals surface area contributed by atoms with Crippen molar-refractivity contribution in [2.45, 2.75) is 26.3 Å². The fraction of sp³-hybridized carbons (Fsp3) is 0.312. The predicted molar refractivity (Wildman–Crippen MR) is 75.0 cm³/mol. The van der Waals surface area contributed by atoms with Crippen LogP contribution in [0, 0.1) is 0 Å². The Bertz CT molecular complexity index is 526. The Labute approximate surface area is 113 Å². The number of amides is 1. The molecule has 3 nitrogen and oxygen atoms in total. The second-order valence-electron chi connectivity index (χ2n) is 5.02. The minimum atomic E-state index is 0.00621. The zero-order chi connectivity index (χ0) is 13.8. The van der Waals surface area contributed by atoms with E-state index in [-0.39, 0.29) is 5.91 Å². The molecule has 0 N–H and O–H groups in total. The van der Waals surface area contributed by atoms with Gasteiger partial charge in [-0.15, -0.1) is 0 Å². The molecule has 0 aliphatic carbocycles. The van der Waals surface area contributed by atoms with Crippen LogP contribution in [0.2, 0.25) is 0 Å². The standard InChI is InChI=1S/C16H19NO2/c1-12(2)13-6-8-14(9-7-13)16(18)17(3)11-15-5-4-10-19-15/h4-10,12H,11H2,1-3H3. The van der Waals surface area contributed by atoms with Crippen LogP contribution in [0.4, 0.5) is 0 Å². The third-order valence-corrected chi connectivity index (χ3v) is 3.14. The van der Waals surface area contributed by atoms with E-state index in [1.807, 2.05) is 36.4 Å². The Balaban J connectivity index is 2.06. The van der Waals surface area contributed by atoms with Crippen molar-refractivity contribution in [3.8, 4) is 0 Å². The molecule has 0 aliphatic rings. The van der Waals surface area contributed by atoms with E-state index in [0.717, 1.165) is 5.76 Å². The van der Waals surface area contributed by atoms with Crippen molar-refractivity contribution in [2.24, 2.45) is 0 Å². The first-order chi connectivity index (χ1) is 9.08. The maximum Gasteiger partial charge on any atom is 0.254 e. The molecule has 100 valence electrons. The highest BCUT2D eigenvalue weighted by Crippen LogP contribution is 2.16. The molecule has 0 saturated carbocycles. The van der Waals surface area contributed by atoms with Gasteiger partial charge in [0.15, 0.2) is 0 Å². The van der Waals surface area contributed by atoms with E-state index < -0.39 is 0 Å². The summed E-state index contributed by atoms with van der Waals surface area (Å²) in [6.07, 6.45) is 1.62. The minimum Gasteiger partial charge on any atom is -0.467 e. The first-order valence-corrected chi connectivity index (χ1v) is 6.45. The van der Waals surface area contributed by atoms with E-state index in [9.17, 15) is 4.79 Å². The zero-order valence-electron chi connectivity index (χ0n) is 11.6. The predicted octanol–water partition coefficient (Wildman–Crippen LogP) is 3.68. The van der Waals surface area contributed by atoms with Crippen LogP contribution in [0.3, 0.4) is 0 Å². The van der Waals surface area contributed by atoms with Crippen molar-refractivity contribution in [3.05, 3.63) is 59.5 Å². The molecule has 1 aromatic carbocycles. The summed E-state index contributed by atoms with van der Waals surface area (Å²) in [5.41, 5.74) is 1.95. The van der Waals surface area contributed by atoms with Gasteiger partial charge < -0.3 is 9.32 Å². The van der Waals surface area contributed by atoms with E-state index >= 15 is 0 Å². The van der Waals surface area contributed by atoms with Crippen LogP contribution in [-0.4, -0.2) is 17.9 Å². The summed E-state index contributed by atoms with van der Waals surface area (Å²) < 4.78 is 5.25. The molecule has 3 heteroatoms.